The van der Waals surface area contributed by atoms with Crippen LogP contribution in [-0.4, -0.2) is 24.3 Å². The number of hydrogen-bond donors (Lipinski definition) is 2. The number of carboxylic acid groups (broad SMARTS) is 1. The summed E-state index contributed by atoms with van der Waals surface area (Å²) in [5.74, 6) is -0.152. The SMILES string of the molecule is CCCC(Oc1ccc(N)cc1OC)C(=O)O. The molecule has 1 rings (SSSR count). The molecule has 0 saturated heterocycles. The Labute approximate surface area is 100 Å². The molecule has 5 nitrogen and oxygen atoms in total. The molecule has 5 heteroatoms. The number of carbonyl (C=O) groups is 1. The maximum absolute atomic E-state index is 11.0. The summed E-state index contributed by atoms with van der Waals surface area (Å²) < 4.78 is 10.5. The van der Waals surface area contributed by atoms with Crippen molar-refractivity contribution in [1.29, 1.82) is 0 Å². The first-order valence-electron chi connectivity index (χ1n) is 5.41. The van der Waals surface area contributed by atoms with Crippen LogP contribution >= 0.6 is 0 Å². The summed E-state index contributed by atoms with van der Waals surface area (Å²) in [4.78, 5) is 11.0. The minimum atomic E-state index is -0.981. The maximum atomic E-state index is 11.0. The molecule has 94 valence electrons. The number of ether oxygens (including phenoxy) is 2. The van der Waals surface area contributed by atoms with Crippen LogP contribution in [0, 0.1) is 0 Å². The smallest absolute Gasteiger partial charge is 0.344 e. The number of nitrogen functional groups attached to an aromatic ring is 1. The predicted octanol–water partition coefficient (Wildman–Crippen LogP) is 1.91. The van der Waals surface area contributed by atoms with E-state index in [9.17, 15) is 4.79 Å². The average molecular weight is 239 g/mol. The summed E-state index contributed by atoms with van der Waals surface area (Å²) in [6, 6.07) is 4.85. The van der Waals surface area contributed by atoms with E-state index < -0.39 is 12.1 Å². The highest BCUT2D eigenvalue weighted by Gasteiger charge is 2.19. The molecule has 0 aromatic heterocycles. The van der Waals surface area contributed by atoms with E-state index in [0.717, 1.165) is 6.42 Å². The standard InChI is InChI=1S/C12H17NO4/c1-3-4-10(12(14)15)17-9-6-5-8(13)7-11(9)16-2/h5-7,10H,3-4,13H2,1-2H3,(H,14,15). The van der Waals surface area contributed by atoms with Crippen LogP contribution in [0.2, 0.25) is 0 Å². The molecule has 1 aromatic carbocycles. The summed E-state index contributed by atoms with van der Waals surface area (Å²) >= 11 is 0. The van der Waals surface area contributed by atoms with Crippen LogP contribution in [0.1, 0.15) is 19.8 Å². The Kier molecular flexibility index (Phi) is 4.63. The minimum Gasteiger partial charge on any atom is -0.493 e. The molecule has 0 spiro atoms. The van der Waals surface area contributed by atoms with Gasteiger partial charge in [0.1, 0.15) is 0 Å². The molecular formula is C12H17NO4. The van der Waals surface area contributed by atoms with Gasteiger partial charge in [0.25, 0.3) is 0 Å². The van der Waals surface area contributed by atoms with E-state index in [1.165, 1.54) is 7.11 Å². The molecule has 0 heterocycles. The van der Waals surface area contributed by atoms with Gasteiger partial charge in [-0.2, -0.15) is 0 Å². The van der Waals surface area contributed by atoms with E-state index in [2.05, 4.69) is 0 Å². The quantitative estimate of drug-likeness (QED) is 0.741. The third-order valence-electron chi connectivity index (χ3n) is 2.28. The zero-order chi connectivity index (χ0) is 12.8. The Morgan fingerprint density at radius 3 is 2.71 bits per heavy atom. The van der Waals surface area contributed by atoms with Gasteiger partial charge in [0.2, 0.25) is 0 Å². The molecule has 3 N–H and O–H groups in total. The fraction of sp³-hybridized carbons (Fsp3) is 0.417. The van der Waals surface area contributed by atoms with Crippen molar-refractivity contribution in [3.63, 3.8) is 0 Å². The third-order valence-corrected chi connectivity index (χ3v) is 2.28. The first-order chi connectivity index (χ1) is 8.08. The second kappa shape index (κ2) is 5.98. The van der Waals surface area contributed by atoms with Crippen molar-refractivity contribution in [2.75, 3.05) is 12.8 Å². The van der Waals surface area contributed by atoms with Crippen molar-refractivity contribution in [1.82, 2.24) is 0 Å². The Balaban J connectivity index is 2.88. The number of carboxylic acids is 1. The van der Waals surface area contributed by atoms with Crippen molar-refractivity contribution in [2.45, 2.75) is 25.9 Å². The maximum Gasteiger partial charge on any atom is 0.344 e. The summed E-state index contributed by atoms with van der Waals surface area (Å²) in [5, 5.41) is 8.99. The number of nitrogens with two attached hydrogens (primary N) is 1. The molecule has 0 aliphatic rings. The van der Waals surface area contributed by atoms with E-state index >= 15 is 0 Å². The van der Waals surface area contributed by atoms with Crippen molar-refractivity contribution in [3.8, 4) is 11.5 Å². The Hall–Kier alpha value is -1.91. The average Bonchev–Trinajstić information content (AvgIpc) is 2.30. The lowest BCUT2D eigenvalue weighted by molar-refractivity contribution is -0.145. The molecule has 0 amide bonds. The van der Waals surface area contributed by atoms with Crippen molar-refractivity contribution < 1.29 is 19.4 Å². The number of hydrogen-bond acceptors (Lipinski definition) is 4. The van der Waals surface area contributed by atoms with Crippen molar-refractivity contribution in [2.24, 2.45) is 0 Å². The van der Waals surface area contributed by atoms with Gasteiger partial charge in [-0.15, -0.1) is 0 Å². The lowest BCUT2D eigenvalue weighted by Gasteiger charge is -2.16. The van der Waals surface area contributed by atoms with Crippen LogP contribution in [0.3, 0.4) is 0 Å². The summed E-state index contributed by atoms with van der Waals surface area (Å²) in [7, 11) is 1.48. The van der Waals surface area contributed by atoms with Crippen LogP contribution in [-0.2, 0) is 4.79 Å². The number of rotatable bonds is 6. The van der Waals surface area contributed by atoms with Gasteiger partial charge in [0.05, 0.1) is 7.11 Å². The first-order valence-corrected chi connectivity index (χ1v) is 5.41. The normalized spacial score (nSPS) is 11.9. The van der Waals surface area contributed by atoms with Crippen LogP contribution in [0.15, 0.2) is 18.2 Å². The lowest BCUT2D eigenvalue weighted by Crippen LogP contribution is -2.26. The summed E-state index contributed by atoms with van der Waals surface area (Å²) in [6.45, 7) is 1.90. The van der Waals surface area contributed by atoms with Gasteiger partial charge in [0.15, 0.2) is 17.6 Å². The summed E-state index contributed by atoms with van der Waals surface area (Å²) in [5.41, 5.74) is 6.14. The fourth-order valence-corrected chi connectivity index (χ4v) is 1.43. The van der Waals surface area contributed by atoms with Gasteiger partial charge in [-0.05, 0) is 18.6 Å². The second-order valence-electron chi connectivity index (χ2n) is 3.64. The fourth-order valence-electron chi connectivity index (χ4n) is 1.43. The Bertz CT molecular complexity index is 392. The van der Waals surface area contributed by atoms with Crippen molar-refractivity contribution in [3.05, 3.63) is 18.2 Å². The molecule has 0 bridgehead atoms. The van der Waals surface area contributed by atoms with Crippen LogP contribution in [0.4, 0.5) is 5.69 Å². The summed E-state index contributed by atoms with van der Waals surface area (Å²) in [6.07, 6.45) is 0.314. The van der Waals surface area contributed by atoms with Gasteiger partial charge in [0, 0.05) is 11.8 Å². The zero-order valence-corrected chi connectivity index (χ0v) is 9.97. The van der Waals surface area contributed by atoms with E-state index in [-0.39, 0.29) is 0 Å². The number of benzene rings is 1. The highest BCUT2D eigenvalue weighted by atomic mass is 16.5. The Morgan fingerprint density at radius 1 is 1.47 bits per heavy atom. The molecule has 0 fully saturated rings. The van der Waals surface area contributed by atoms with Crippen LogP contribution in [0.25, 0.3) is 0 Å². The lowest BCUT2D eigenvalue weighted by atomic mass is 10.2. The molecule has 0 aliphatic carbocycles. The molecule has 0 saturated carbocycles. The van der Waals surface area contributed by atoms with Crippen LogP contribution < -0.4 is 15.2 Å². The number of anilines is 1. The van der Waals surface area contributed by atoms with Gasteiger partial charge in [-0.25, -0.2) is 4.79 Å². The number of methoxy groups -OCH3 is 1. The molecular weight excluding hydrogens is 222 g/mol. The van der Waals surface area contributed by atoms with Gasteiger partial charge in [-0.1, -0.05) is 13.3 Å². The van der Waals surface area contributed by atoms with Crippen molar-refractivity contribution >= 4 is 11.7 Å². The highest BCUT2D eigenvalue weighted by molar-refractivity contribution is 5.73. The Morgan fingerprint density at radius 2 is 2.18 bits per heavy atom. The first kappa shape index (κ1) is 13.2. The minimum absolute atomic E-state index is 0.391. The van der Waals surface area contributed by atoms with Gasteiger partial charge >= 0.3 is 5.97 Å². The molecule has 1 unspecified atom stereocenters. The van der Waals surface area contributed by atoms with Crippen LogP contribution in [0.5, 0.6) is 11.5 Å². The topological polar surface area (TPSA) is 81.8 Å². The molecule has 1 aromatic rings. The van der Waals surface area contributed by atoms with E-state index in [1.807, 2.05) is 6.92 Å². The van der Waals surface area contributed by atoms with E-state index in [4.69, 9.17) is 20.3 Å². The predicted molar refractivity (Wildman–Crippen MR) is 64.4 cm³/mol. The zero-order valence-electron chi connectivity index (χ0n) is 9.97. The number of aliphatic carboxylic acids is 1. The molecule has 1 atom stereocenters. The molecule has 17 heavy (non-hydrogen) atoms. The van der Waals surface area contributed by atoms with Gasteiger partial charge < -0.3 is 20.3 Å². The van der Waals surface area contributed by atoms with Gasteiger partial charge in [-0.3, -0.25) is 0 Å². The third kappa shape index (κ3) is 3.55. The van der Waals surface area contributed by atoms with E-state index in [1.54, 1.807) is 18.2 Å². The second-order valence-corrected chi connectivity index (χ2v) is 3.64. The monoisotopic (exact) mass is 239 g/mol. The largest absolute Gasteiger partial charge is 0.493 e. The van der Waals surface area contributed by atoms with E-state index in [0.29, 0.717) is 23.6 Å². The molecule has 0 radical (unpaired) electrons. The highest BCUT2D eigenvalue weighted by Crippen LogP contribution is 2.30. The molecule has 0 aliphatic heterocycles.